The number of nitrogens with zero attached hydrogens (tertiary/aromatic N) is 1. The highest BCUT2D eigenvalue weighted by Gasteiger charge is 2.16. The average Bonchev–Trinajstić information content (AvgIpc) is 2.09. The van der Waals surface area contributed by atoms with E-state index >= 15 is 0 Å². The van der Waals surface area contributed by atoms with Crippen LogP contribution in [0.1, 0.15) is 17.7 Å². The Morgan fingerprint density at radius 3 is 2.69 bits per heavy atom. The van der Waals surface area contributed by atoms with Gasteiger partial charge < -0.3 is 10.8 Å². The van der Waals surface area contributed by atoms with Crippen LogP contribution in [-0.2, 0) is 6.61 Å². The maximum atomic E-state index is 12.3. The molecule has 0 saturated carbocycles. The lowest BCUT2D eigenvalue weighted by Gasteiger charge is -2.06. The Labute approximate surface area is 78.1 Å². The molecule has 72 valence electrons. The number of aliphatic hydroxyl groups excluding tert-OH is 1. The first-order chi connectivity index (χ1) is 6.06. The molecule has 0 bridgehead atoms. The molecule has 6 heteroatoms. The topological polar surface area (TPSA) is 59.1 Å². The molecule has 1 aromatic heterocycles. The molecule has 0 saturated heterocycles. The predicted octanol–water partition coefficient (Wildman–Crippen LogP) is 1.75. The van der Waals surface area contributed by atoms with Crippen LogP contribution in [0.25, 0.3) is 0 Å². The van der Waals surface area contributed by atoms with Gasteiger partial charge in [-0.1, -0.05) is 11.6 Å². The van der Waals surface area contributed by atoms with Gasteiger partial charge in [0.15, 0.2) is 0 Å². The first-order valence-electron chi connectivity index (χ1n) is 3.40. The fourth-order valence-corrected chi connectivity index (χ4v) is 1.05. The van der Waals surface area contributed by atoms with Gasteiger partial charge in [0.1, 0.15) is 5.82 Å². The number of halogens is 3. The van der Waals surface area contributed by atoms with Crippen LogP contribution in [0.5, 0.6) is 0 Å². The molecule has 0 radical (unpaired) electrons. The summed E-state index contributed by atoms with van der Waals surface area (Å²) < 4.78 is 24.5. The lowest BCUT2D eigenvalue weighted by atomic mass is 10.2. The second-order valence-corrected chi connectivity index (χ2v) is 2.74. The van der Waals surface area contributed by atoms with Gasteiger partial charge in [-0.25, -0.2) is 13.8 Å². The number of nitrogen functional groups attached to an aromatic ring is 1. The standard InChI is InChI=1S/C7H7ClF2N2O/c8-5-4(6(9)10)1-3(2-13)12-7(5)11/h1,6,13H,2H2,(H2,11,12). The molecule has 1 rings (SSSR count). The van der Waals surface area contributed by atoms with E-state index in [0.29, 0.717) is 0 Å². The second kappa shape index (κ2) is 3.85. The van der Waals surface area contributed by atoms with Gasteiger partial charge in [-0.05, 0) is 6.07 Å². The highest BCUT2D eigenvalue weighted by molar-refractivity contribution is 6.33. The summed E-state index contributed by atoms with van der Waals surface area (Å²) in [5, 5.41) is 8.40. The van der Waals surface area contributed by atoms with Gasteiger partial charge in [0.05, 0.1) is 17.3 Å². The zero-order valence-electron chi connectivity index (χ0n) is 6.47. The van der Waals surface area contributed by atoms with Crippen molar-refractivity contribution >= 4 is 17.4 Å². The molecular formula is C7H7ClF2N2O. The van der Waals surface area contributed by atoms with Crippen molar-refractivity contribution in [2.75, 3.05) is 5.73 Å². The normalized spacial score (nSPS) is 10.8. The highest BCUT2D eigenvalue weighted by atomic mass is 35.5. The van der Waals surface area contributed by atoms with Gasteiger partial charge in [0.2, 0.25) is 0 Å². The third-order valence-electron chi connectivity index (χ3n) is 1.46. The van der Waals surface area contributed by atoms with Crippen molar-refractivity contribution in [2.24, 2.45) is 0 Å². The number of pyridine rings is 1. The molecule has 0 amide bonds. The fraction of sp³-hybridized carbons (Fsp3) is 0.286. The third-order valence-corrected chi connectivity index (χ3v) is 1.87. The zero-order valence-corrected chi connectivity index (χ0v) is 7.22. The maximum Gasteiger partial charge on any atom is 0.265 e. The van der Waals surface area contributed by atoms with Crippen molar-refractivity contribution in [3.05, 3.63) is 22.3 Å². The largest absolute Gasteiger partial charge is 0.390 e. The molecule has 1 aromatic rings. The maximum absolute atomic E-state index is 12.3. The summed E-state index contributed by atoms with van der Waals surface area (Å²) in [4.78, 5) is 3.60. The number of aromatic nitrogens is 1. The Balaban J connectivity index is 3.25. The molecule has 13 heavy (non-hydrogen) atoms. The Bertz CT molecular complexity index is 320. The number of aliphatic hydroxyl groups is 1. The molecule has 3 nitrogen and oxygen atoms in total. The minimum absolute atomic E-state index is 0.0807. The number of anilines is 1. The smallest absolute Gasteiger partial charge is 0.265 e. The molecule has 0 spiro atoms. The Morgan fingerprint density at radius 2 is 2.23 bits per heavy atom. The Kier molecular flexibility index (Phi) is 3.00. The van der Waals surface area contributed by atoms with Crippen LogP contribution in [0.3, 0.4) is 0 Å². The van der Waals surface area contributed by atoms with Crippen LogP contribution >= 0.6 is 11.6 Å². The van der Waals surface area contributed by atoms with Gasteiger partial charge >= 0.3 is 0 Å². The van der Waals surface area contributed by atoms with Crippen molar-refractivity contribution in [3.8, 4) is 0 Å². The van der Waals surface area contributed by atoms with E-state index in [0.717, 1.165) is 6.07 Å². The molecule has 1 heterocycles. The van der Waals surface area contributed by atoms with Crippen molar-refractivity contribution in [2.45, 2.75) is 13.0 Å². The number of alkyl halides is 2. The van der Waals surface area contributed by atoms with E-state index < -0.39 is 18.6 Å². The summed E-state index contributed by atoms with van der Waals surface area (Å²) >= 11 is 5.47. The van der Waals surface area contributed by atoms with E-state index in [2.05, 4.69) is 4.98 Å². The van der Waals surface area contributed by atoms with Crippen LogP contribution in [0.2, 0.25) is 5.02 Å². The summed E-state index contributed by atoms with van der Waals surface area (Å²) in [7, 11) is 0. The van der Waals surface area contributed by atoms with Crippen molar-refractivity contribution in [1.29, 1.82) is 0 Å². The van der Waals surface area contributed by atoms with Crippen LogP contribution in [0, 0.1) is 0 Å². The van der Waals surface area contributed by atoms with E-state index in [4.69, 9.17) is 22.4 Å². The molecule has 0 aliphatic carbocycles. The minimum Gasteiger partial charge on any atom is -0.390 e. The lowest BCUT2D eigenvalue weighted by molar-refractivity contribution is 0.151. The van der Waals surface area contributed by atoms with Gasteiger partial charge in [-0.15, -0.1) is 0 Å². The summed E-state index contributed by atoms with van der Waals surface area (Å²) in [6.45, 7) is -0.443. The number of hydrogen-bond acceptors (Lipinski definition) is 3. The Hall–Kier alpha value is -0.940. The summed E-state index contributed by atoms with van der Waals surface area (Å²) in [6.07, 6.45) is -2.72. The predicted molar refractivity (Wildman–Crippen MR) is 44.5 cm³/mol. The van der Waals surface area contributed by atoms with E-state index in [1.165, 1.54) is 0 Å². The van der Waals surface area contributed by atoms with E-state index in [-0.39, 0.29) is 16.5 Å². The van der Waals surface area contributed by atoms with Crippen LogP contribution in [-0.4, -0.2) is 10.1 Å². The van der Waals surface area contributed by atoms with Crippen LogP contribution in [0.4, 0.5) is 14.6 Å². The number of rotatable bonds is 2. The number of hydrogen-bond donors (Lipinski definition) is 2. The molecule has 0 aliphatic rings. The molecule has 0 atom stereocenters. The summed E-state index contributed by atoms with van der Waals surface area (Å²) in [5.74, 6) is -0.191. The summed E-state index contributed by atoms with van der Waals surface area (Å²) in [5.41, 5.74) is 4.92. The quantitative estimate of drug-likeness (QED) is 0.779. The van der Waals surface area contributed by atoms with Crippen molar-refractivity contribution in [3.63, 3.8) is 0 Å². The van der Waals surface area contributed by atoms with Gasteiger partial charge in [-0.3, -0.25) is 0 Å². The third kappa shape index (κ3) is 2.05. The molecule has 0 aliphatic heterocycles. The van der Waals surface area contributed by atoms with Gasteiger partial charge in [0, 0.05) is 5.56 Å². The first-order valence-corrected chi connectivity index (χ1v) is 3.78. The molecular weight excluding hydrogens is 202 g/mol. The van der Waals surface area contributed by atoms with Crippen molar-refractivity contribution < 1.29 is 13.9 Å². The fourth-order valence-electron chi connectivity index (χ4n) is 0.867. The molecule has 3 N–H and O–H groups in total. The Morgan fingerprint density at radius 1 is 1.62 bits per heavy atom. The molecule has 0 aromatic carbocycles. The highest BCUT2D eigenvalue weighted by Crippen LogP contribution is 2.30. The van der Waals surface area contributed by atoms with Crippen LogP contribution < -0.4 is 5.73 Å². The number of nitrogens with two attached hydrogens (primary N) is 1. The zero-order chi connectivity index (χ0) is 10.0. The monoisotopic (exact) mass is 208 g/mol. The molecule has 0 unspecified atom stereocenters. The minimum atomic E-state index is -2.72. The SMILES string of the molecule is Nc1nc(CO)cc(C(F)F)c1Cl. The molecule has 0 fully saturated rings. The van der Waals surface area contributed by atoms with Gasteiger partial charge in [-0.2, -0.15) is 0 Å². The van der Waals surface area contributed by atoms with Crippen LogP contribution in [0.15, 0.2) is 6.07 Å². The average molecular weight is 209 g/mol. The van der Waals surface area contributed by atoms with E-state index in [1.807, 2.05) is 0 Å². The van der Waals surface area contributed by atoms with Crippen molar-refractivity contribution in [1.82, 2.24) is 4.98 Å². The lowest BCUT2D eigenvalue weighted by Crippen LogP contribution is -2.01. The van der Waals surface area contributed by atoms with E-state index in [9.17, 15) is 8.78 Å². The first kappa shape index (κ1) is 10.1. The van der Waals surface area contributed by atoms with E-state index in [1.54, 1.807) is 0 Å². The van der Waals surface area contributed by atoms with Gasteiger partial charge in [0.25, 0.3) is 6.43 Å². The summed E-state index contributed by atoms with van der Waals surface area (Å²) in [6, 6.07) is 1.03. The second-order valence-electron chi connectivity index (χ2n) is 2.36.